The summed E-state index contributed by atoms with van der Waals surface area (Å²) in [4.78, 5) is 45.7. The van der Waals surface area contributed by atoms with Crippen LogP contribution < -0.4 is 16.6 Å². The Morgan fingerprint density at radius 2 is 1.88 bits per heavy atom. The van der Waals surface area contributed by atoms with Crippen molar-refractivity contribution in [3.05, 3.63) is 105 Å². The third kappa shape index (κ3) is 4.42. The van der Waals surface area contributed by atoms with E-state index >= 15 is 0 Å². The number of hydrogen-bond acceptors (Lipinski definition) is 5. The Labute approximate surface area is 191 Å². The van der Waals surface area contributed by atoms with E-state index in [1.165, 1.54) is 25.1 Å². The topological polar surface area (TPSA) is 117 Å². The number of aromatic hydroxyl groups is 1. The second kappa shape index (κ2) is 9.26. The van der Waals surface area contributed by atoms with Crippen molar-refractivity contribution < 1.29 is 18.7 Å². The number of carbonyl (C=O) groups is 1. The summed E-state index contributed by atoms with van der Waals surface area (Å²) < 4.78 is 28.1. The van der Waals surface area contributed by atoms with Gasteiger partial charge in [0.05, 0.1) is 23.4 Å². The second-order valence-electron chi connectivity index (χ2n) is 7.76. The highest BCUT2D eigenvalue weighted by atomic mass is 19.1. The number of aromatic nitrogens is 3. The van der Waals surface area contributed by atoms with E-state index in [0.29, 0.717) is 11.6 Å². The zero-order valence-corrected chi connectivity index (χ0v) is 18.0. The number of nitrogens with one attached hydrogen (secondary N) is 2. The summed E-state index contributed by atoms with van der Waals surface area (Å²) in [6, 6.07) is 11.2. The molecule has 0 spiro atoms. The molecule has 2 aromatic carbocycles. The molecule has 2 atom stereocenters. The van der Waals surface area contributed by atoms with E-state index in [1.807, 2.05) is 0 Å². The number of amides is 1. The Morgan fingerprint density at radius 1 is 1.15 bits per heavy atom. The van der Waals surface area contributed by atoms with E-state index in [1.54, 1.807) is 30.3 Å². The number of aromatic amines is 1. The van der Waals surface area contributed by atoms with Gasteiger partial charge in [-0.1, -0.05) is 36.4 Å². The monoisotopic (exact) mass is 466 g/mol. The van der Waals surface area contributed by atoms with Gasteiger partial charge in [-0.2, -0.15) is 0 Å². The van der Waals surface area contributed by atoms with Crippen LogP contribution in [0, 0.1) is 11.6 Å². The van der Waals surface area contributed by atoms with Crippen molar-refractivity contribution in [1.82, 2.24) is 19.9 Å². The number of nitrogens with zero attached hydrogens (tertiary/aromatic N) is 2. The van der Waals surface area contributed by atoms with Gasteiger partial charge >= 0.3 is 5.69 Å². The van der Waals surface area contributed by atoms with Gasteiger partial charge in [0.25, 0.3) is 5.56 Å². The first-order valence-corrected chi connectivity index (χ1v) is 10.4. The Kier molecular flexibility index (Phi) is 6.22. The second-order valence-corrected chi connectivity index (χ2v) is 7.76. The van der Waals surface area contributed by atoms with Gasteiger partial charge in [-0.25, -0.2) is 18.1 Å². The molecule has 0 aliphatic rings. The lowest BCUT2D eigenvalue weighted by atomic mass is 10.0. The fraction of sp³-hybridized carbons (Fsp3) is 0.167. The van der Waals surface area contributed by atoms with Crippen molar-refractivity contribution in [3.8, 4) is 5.75 Å². The molecule has 3 N–H and O–H groups in total. The average Bonchev–Trinajstić information content (AvgIpc) is 2.78. The van der Waals surface area contributed by atoms with Crippen LogP contribution in [0.2, 0.25) is 0 Å². The Morgan fingerprint density at radius 3 is 2.59 bits per heavy atom. The summed E-state index contributed by atoms with van der Waals surface area (Å²) in [5.74, 6) is -2.92. The van der Waals surface area contributed by atoms with Crippen LogP contribution in [0.5, 0.6) is 5.75 Å². The number of fused-ring (bicyclic) bond motifs is 1. The van der Waals surface area contributed by atoms with E-state index in [-0.39, 0.29) is 28.8 Å². The first kappa shape index (κ1) is 22.8. The van der Waals surface area contributed by atoms with E-state index in [0.717, 1.165) is 10.8 Å². The van der Waals surface area contributed by atoms with Crippen LogP contribution in [0.25, 0.3) is 10.9 Å². The fourth-order valence-corrected chi connectivity index (χ4v) is 3.80. The van der Waals surface area contributed by atoms with Crippen LogP contribution in [-0.4, -0.2) is 25.5 Å². The summed E-state index contributed by atoms with van der Waals surface area (Å²) >= 11 is 0. The van der Waals surface area contributed by atoms with Gasteiger partial charge < -0.3 is 15.4 Å². The minimum absolute atomic E-state index is 0.0409. The number of rotatable bonds is 6. The van der Waals surface area contributed by atoms with Gasteiger partial charge in [0.2, 0.25) is 5.91 Å². The van der Waals surface area contributed by atoms with Crippen molar-refractivity contribution in [2.24, 2.45) is 0 Å². The molecule has 4 aromatic rings. The van der Waals surface area contributed by atoms with E-state index in [4.69, 9.17) is 0 Å². The van der Waals surface area contributed by atoms with E-state index < -0.39 is 40.9 Å². The van der Waals surface area contributed by atoms with Crippen molar-refractivity contribution in [2.75, 3.05) is 0 Å². The van der Waals surface area contributed by atoms with Gasteiger partial charge in [0, 0.05) is 12.5 Å². The van der Waals surface area contributed by atoms with Gasteiger partial charge in [-0.05, 0) is 24.6 Å². The number of H-pyrrole nitrogens is 1. The Hall–Kier alpha value is -4.34. The lowest BCUT2D eigenvalue weighted by Gasteiger charge is -2.22. The highest BCUT2D eigenvalue weighted by molar-refractivity contribution is 5.85. The van der Waals surface area contributed by atoms with Gasteiger partial charge in [0.15, 0.2) is 0 Å². The number of hydrogen-bond donors (Lipinski definition) is 3. The number of halogens is 2. The van der Waals surface area contributed by atoms with Crippen molar-refractivity contribution in [3.63, 3.8) is 0 Å². The van der Waals surface area contributed by atoms with Crippen LogP contribution >= 0.6 is 0 Å². The maximum atomic E-state index is 14.2. The molecular formula is C24H20F2N4O4. The van der Waals surface area contributed by atoms with Crippen molar-refractivity contribution >= 4 is 16.8 Å². The standard InChI is InChI=1S/C24H20F2N4O4/c1-13(21-16(26)11-15(25)12-27-21)28-22(32)18(10-14-6-3-2-4-7-14)30-23(33)20-17(29-24(30)34)8-5-9-19(20)31/h2-9,11-13,18,31H,10H2,1H3,(H,28,32)(H,29,34)/t13-,18+/m1/s1. The molecule has 0 saturated carbocycles. The van der Waals surface area contributed by atoms with Crippen LogP contribution in [-0.2, 0) is 11.2 Å². The minimum atomic E-state index is -1.34. The first-order valence-electron chi connectivity index (χ1n) is 10.4. The molecule has 4 rings (SSSR count). The Bertz CT molecular complexity index is 1480. The quantitative estimate of drug-likeness (QED) is 0.404. The van der Waals surface area contributed by atoms with Crippen LogP contribution in [0.15, 0.2) is 70.4 Å². The smallest absolute Gasteiger partial charge is 0.329 e. The predicted octanol–water partition coefficient (Wildman–Crippen LogP) is 2.73. The lowest BCUT2D eigenvalue weighted by molar-refractivity contribution is -0.125. The zero-order chi connectivity index (χ0) is 24.4. The van der Waals surface area contributed by atoms with E-state index in [2.05, 4.69) is 15.3 Å². The van der Waals surface area contributed by atoms with Gasteiger partial charge in [0.1, 0.15) is 28.8 Å². The molecule has 0 aliphatic carbocycles. The number of pyridine rings is 1. The summed E-state index contributed by atoms with van der Waals surface area (Å²) in [5, 5.41) is 12.6. The van der Waals surface area contributed by atoms with Crippen LogP contribution in [0.4, 0.5) is 8.78 Å². The molecule has 0 unspecified atom stereocenters. The molecule has 0 aliphatic heterocycles. The van der Waals surface area contributed by atoms with Crippen molar-refractivity contribution in [2.45, 2.75) is 25.4 Å². The summed E-state index contributed by atoms with van der Waals surface area (Å²) in [6.45, 7) is 1.44. The fourth-order valence-electron chi connectivity index (χ4n) is 3.80. The first-order chi connectivity index (χ1) is 16.3. The maximum Gasteiger partial charge on any atom is 0.329 e. The lowest BCUT2D eigenvalue weighted by Crippen LogP contribution is -2.46. The highest BCUT2D eigenvalue weighted by Crippen LogP contribution is 2.21. The maximum absolute atomic E-state index is 14.2. The molecule has 8 nitrogen and oxygen atoms in total. The summed E-state index contributed by atoms with van der Waals surface area (Å²) in [6.07, 6.45) is 0.782. The number of phenols is 1. The third-order valence-electron chi connectivity index (χ3n) is 5.43. The van der Waals surface area contributed by atoms with Gasteiger partial charge in [-0.3, -0.25) is 14.6 Å². The van der Waals surface area contributed by atoms with E-state index in [9.17, 15) is 28.3 Å². The molecular weight excluding hydrogens is 446 g/mol. The van der Waals surface area contributed by atoms with Crippen LogP contribution in [0.3, 0.4) is 0 Å². The summed E-state index contributed by atoms with van der Waals surface area (Å²) in [7, 11) is 0. The number of carbonyl (C=O) groups excluding carboxylic acids is 1. The SMILES string of the molecule is C[C@@H](NC(=O)[C@H](Cc1ccccc1)n1c(=O)[nH]c2cccc(O)c2c1=O)c1ncc(F)cc1F. The molecule has 1 amide bonds. The predicted molar refractivity (Wildman–Crippen MR) is 120 cm³/mol. The Balaban J connectivity index is 1.79. The number of phenolic OH excluding ortho intramolecular Hbond substituents is 1. The minimum Gasteiger partial charge on any atom is -0.507 e. The van der Waals surface area contributed by atoms with Crippen molar-refractivity contribution in [1.29, 1.82) is 0 Å². The van der Waals surface area contributed by atoms with Gasteiger partial charge in [-0.15, -0.1) is 0 Å². The molecule has 10 heteroatoms. The summed E-state index contributed by atoms with van der Waals surface area (Å²) in [5.41, 5.74) is -1.13. The number of benzene rings is 2. The molecule has 0 saturated heterocycles. The molecule has 0 radical (unpaired) electrons. The molecule has 0 fully saturated rings. The third-order valence-corrected chi connectivity index (χ3v) is 5.43. The molecule has 174 valence electrons. The molecule has 2 heterocycles. The highest BCUT2D eigenvalue weighted by Gasteiger charge is 2.28. The van der Waals surface area contributed by atoms with Crippen LogP contribution in [0.1, 0.15) is 30.3 Å². The molecule has 0 bridgehead atoms. The largest absolute Gasteiger partial charge is 0.507 e. The molecule has 2 aromatic heterocycles. The average molecular weight is 466 g/mol. The molecule has 34 heavy (non-hydrogen) atoms. The zero-order valence-electron chi connectivity index (χ0n) is 18.0. The normalized spacial score (nSPS) is 12.9.